The average molecular weight is 1020 g/mol. The van der Waals surface area contributed by atoms with Crippen LogP contribution in [-0.2, 0) is 28.6 Å². The van der Waals surface area contributed by atoms with Gasteiger partial charge in [0, 0.05) is 19.3 Å². The van der Waals surface area contributed by atoms with Crippen molar-refractivity contribution in [3.8, 4) is 0 Å². The van der Waals surface area contributed by atoms with Crippen molar-refractivity contribution in [2.75, 3.05) is 13.2 Å². The highest BCUT2D eigenvalue weighted by molar-refractivity contribution is 5.71. The van der Waals surface area contributed by atoms with Crippen LogP contribution < -0.4 is 0 Å². The Labute approximate surface area is 452 Å². The molecule has 0 saturated carbocycles. The number of hydrogen-bond donors (Lipinski definition) is 0. The molecule has 0 rings (SSSR count). The van der Waals surface area contributed by atoms with Crippen molar-refractivity contribution < 1.29 is 28.6 Å². The Morgan fingerprint density at radius 2 is 0.534 bits per heavy atom. The van der Waals surface area contributed by atoms with Crippen molar-refractivity contribution in [1.29, 1.82) is 0 Å². The molecular formula is C67H116O6. The van der Waals surface area contributed by atoms with Crippen LogP contribution in [0.4, 0.5) is 0 Å². The van der Waals surface area contributed by atoms with Crippen molar-refractivity contribution in [3.05, 3.63) is 85.1 Å². The molecule has 0 heterocycles. The normalized spacial score (nSPS) is 12.6. The molecule has 0 aromatic heterocycles. The third-order valence-corrected chi connectivity index (χ3v) is 13.4. The first-order valence-electron chi connectivity index (χ1n) is 31.1. The first-order chi connectivity index (χ1) is 36.0. The molecule has 0 aliphatic heterocycles. The van der Waals surface area contributed by atoms with E-state index in [0.717, 1.165) is 116 Å². The number of unbranched alkanes of at least 4 members (excludes halogenated alkanes) is 31. The molecule has 0 aromatic carbocycles. The van der Waals surface area contributed by atoms with Crippen LogP contribution in [0.25, 0.3) is 0 Å². The third kappa shape index (κ3) is 59.3. The van der Waals surface area contributed by atoms with Crippen LogP contribution in [-0.4, -0.2) is 37.2 Å². The highest BCUT2D eigenvalue weighted by atomic mass is 16.6. The fourth-order valence-electron chi connectivity index (χ4n) is 8.74. The number of hydrogen-bond acceptors (Lipinski definition) is 6. The maximum Gasteiger partial charge on any atom is 0.306 e. The van der Waals surface area contributed by atoms with E-state index in [2.05, 4.69) is 106 Å². The lowest BCUT2D eigenvalue weighted by molar-refractivity contribution is -0.167. The van der Waals surface area contributed by atoms with Crippen LogP contribution >= 0.6 is 0 Å². The minimum absolute atomic E-state index is 0.0794. The highest BCUT2D eigenvalue weighted by Crippen LogP contribution is 2.16. The molecular weight excluding hydrogens is 901 g/mol. The van der Waals surface area contributed by atoms with Crippen LogP contribution in [0.3, 0.4) is 0 Å². The van der Waals surface area contributed by atoms with E-state index in [9.17, 15) is 14.4 Å². The molecule has 6 nitrogen and oxygen atoms in total. The van der Waals surface area contributed by atoms with Gasteiger partial charge in [-0.15, -0.1) is 0 Å². The molecule has 0 aromatic rings. The summed E-state index contributed by atoms with van der Waals surface area (Å²) in [5, 5.41) is 0. The molecule has 73 heavy (non-hydrogen) atoms. The van der Waals surface area contributed by atoms with Gasteiger partial charge in [-0.2, -0.15) is 0 Å². The van der Waals surface area contributed by atoms with Crippen molar-refractivity contribution in [1.82, 2.24) is 0 Å². The fourth-order valence-corrected chi connectivity index (χ4v) is 8.74. The first-order valence-corrected chi connectivity index (χ1v) is 31.1. The van der Waals surface area contributed by atoms with Gasteiger partial charge >= 0.3 is 17.9 Å². The summed E-state index contributed by atoms with van der Waals surface area (Å²) in [6.45, 7) is 6.53. The number of esters is 3. The SMILES string of the molecule is CC/C=C\C/C=C\C/C=C\C/C=C\C/C=C\C/C=C\CCCCCCCCCCC(=O)OCC(COC(=O)CCCCCCCCCCCCCC)OC(=O)CCCCCCC/C=C\CCCCCCCCC. The highest BCUT2D eigenvalue weighted by Gasteiger charge is 2.19. The maximum atomic E-state index is 12.9. The lowest BCUT2D eigenvalue weighted by atomic mass is 10.0. The molecule has 0 N–H and O–H groups in total. The zero-order valence-electron chi connectivity index (χ0n) is 48.1. The van der Waals surface area contributed by atoms with Crippen LogP contribution in [0.2, 0.25) is 0 Å². The molecule has 0 fully saturated rings. The third-order valence-electron chi connectivity index (χ3n) is 13.4. The Bertz CT molecular complexity index is 1400. The van der Waals surface area contributed by atoms with Gasteiger partial charge in [0.25, 0.3) is 0 Å². The zero-order valence-corrected chi connectivity index (χ0v) is 48.1. The second-order valence-corrected chi connectivity index (χ2v) is 20.6. The van der Waals surface area contributed by atoms with Gasteiger partial charge in [0.15, 0.2) is 6.10 Å². The number of carbonyl (C=O) groups excluding carboxylic acids is 3. The smallest absolute Gasteiger partial charge is 0.306 e. The molecule has 6 heteroatoms. The minimum atomic E-state index is -0.783. The summed E-state index contributed by atoms with van der Waals surface area (Å²) < 4.78 is 16.9. The van der Waals surface area contributed by atoms with Crippen LogP contribution in [0.1, 0.15) is 303 Å². The van der Waals surface area contributed by atoms with Crippen molar-refractivity contribution >= 4 is 17.9 Å². The zero-order chi connectivity index (χ0) is 52.9. The van der Waals surface area contributed by atoms with Crippen molar-refractivity contribution in [2.24, 2.45) is 0 Å². The second kappa shape index (κ2) is 61.1. The summed E-state index contributed by atoms with van der Waals surface area (Å²) in [5.41, 5.74) is 0. The van der Waals surface area contributed by atoms with E-state index in [0.29, 0.717) is 19.3 Å². The molecule has 0 radical (unpaired) electrons. The molecule has 1 unspecified atom stereocenters. The van der Waals surface area contributed by atoms with E-state index in [1.54, 1.807) is 0 Å². The second-order valence-electron chi connectivity index (χ2n) is 20.6. The van der Waals surface area contributed by atoms with Gasteiger partial charge in [-0.1, -0.05) is 273 Å². The molecule has 420 valence electrons. The molecule has 1 atom stereocenters. The number of carbonyl (C=O) groups is 3. The fraction of sp³-hybridized carbons (Fsp3) is 0.746. The van der Waals surface area contributed by atoms with Gasteiger partial charge in [-0.25, -0.2) is 0 Å². The largest absolute Gasteiger partial charge is 0.462 e. The summed E-state index contributed by atoms with van der Waals surface area (Å²) in [7, 11) is 0. The van der Waals surface area contributed by atoms with E-state index in [1.165, 1.54) is 148 Å². The predicted molar refractivity (Wildman–Crippen MR) is 316 cm³/mol. The van der Waals surface area contributed by atoms with E-state index in [1.807, 2.05) is 0 Å². The molecule has 0 saturated heterocycles. The van der Waals surface area contributed by atoms with Gasteiger partial charge < -0.3 is 14.2 Å². The van der Waals surface area contributed by atoms with E-state index >= 15 is 0 Å². The van der Waals surface area contributed by atoms with Gasteiger partial charge in [0.2, 0.25) is 0 Å². The summed E-state index contributed by atoms with van der Waals surface area (Å²) in [4.78, 5) is 38.2. The van der Waals surface area contributed by atoms with E-state index in [4.69, 9.17) is 14.2 Å². The molecule has 0 aliphatic rings. The van der Waals surface area contributed by atoms with Gasteiger partial charge in [0.1, 0.15) is 13.2 Å². The Morgan fingerprint density at radius 3 is 0.849 bits per heavy atom. The van der Waals surface area contributed by atoms with Gasteiger partial charge in [0.05, 0.1) is 0 Å². The van der Waals surface area contributed by atoms with Crippen molar-refractivity contribution in [3.63, 3.8) is 0 Å². The lowest BCUT2D eigenvalue weighted by Gasteiger charge is -2.18. The Balaban J connectivity index is 4.30. The summed E-state index contributed by atoms with van der Waals surface area (Å²) in [6.07, 6.45) is 80.1. The molecule has 0 amide bonds. The minimum Gasteiger partial charge on any atom is -0.462 e. The van der Waals surface area contributed by atoms with E-state index < -0.39 is 6.10 Å². The lowest BCUT2D eigenvalue weighted by Crippen LogP contribution is -2.30. The summed E-state index contributed by atoms with van der Waals surface area (Å²) in [5.74, 6) is -0.886. The van der Waals surface area contributed by atoms with E-state index in [-0.39, 0.29) is 31.1 Å². The Hall–Kier alpha value is -3.41. The average Bonchev–Trinajstić information content (AvgIpc) is 3.39. The Kier molecular flexibility index (Phi) is 58.3. The molecule has 0 bridgehead atoms. The van der Waals surface area contributed by atoms with Gasteiger partial charge in [-0.3, -0.25) is 14.4 Å². The van der Waals surface area contributed by atoms with Crippen LogP contribution in [0.15, 0.2) is 85.1 Å². The standard InChI is InChI=1S/C67H116O6/c1-4-7-10-13-16-19-22-25-27-29-30-31-32-33-34-35-36-37-38-39-41-42-45-48-51-54-57-60-66(69)72-63-64(62-71-65(68)59-56-53-50-47-44-24-21-18-15-12-9-6-3)73-67(70)61-58-55-52-49-46-43-40-28-26-23-20-17-14-11-8-5-2/h7,10,16,19,25,27-28,30-31,33-34,36-37,40,64H,4-6,8-9,11-15,17-18,20-24,26,29,32,35,38-39,41-63H2,1-3H3/b10-7-,19-16-,27-25-,31-30-,34-33-,37-36-,40-28-. The van der Waals surface area contributed by atoms with Crippen molar-refractivity contribution in [2.45, 2.75) is 309 Å². The first kappa shape index (κ1) is 69.6. The number of ether oxygens (including phenoxy) is 3. The monoisotopic (exact) mass is 1020 g/mol. The topological polar surface area (TPSA) is 78.9 Å². The van der Waals surface area contributed by atoms with Crippen LogP contribution in [0, 0.1) is 0 Å². The van der Waals surface area contributed by atoms with Crippen LogP contribution in [0.5, 0.6) is 0 Å². The number of allylic oxidation sites excluding steroid dienone is 14. The maximum absolute atomic E-state index is 12.9. The Morgan fingerprint density at radius 1 is 0.288 bits per heavy atom. The van der Waals surface area contributed by atoms with Gasteiger partial charge in [-0.05, 0) is 96.3 Å². The number of rotatable bonds is 56. The predicted octanol–water partition coefficient (Wildman–Crippen LogP) is 21.1. The quantitative estimate of drug-likeness (QED) is 0.0261. The molecule has 0 aliphatic carbocycles. The molecule has 0 spiro atoms. The summed E-state index contributed by atoms with van der Waals surface area (Å²) in [6, 6.07) is 0. The summed E-state index contributed by atoms with van der Waals surface area (Å²) >= 11 is 0.